The number of hydrogen-bond acceptors (Lipinski definition) is 3. The molecule has 0 bridgehead atoms. The molecule has 0 aliphatic carbocycles. The summed E-state index contributed by atoms with van der Waals surface area (Å²) in [6.07, 6.45) is 0. The van der Waals surface area contributed by atoms with Crippen LogP contribution in [0.25, 0.3) is 0 Å². The summed E-state index contributed by atoms with van der Waals surface area (Å²) in [7, 11) is -3.58. The summed E-state index contributed by atoms with van der Waals surface area (Å²) in [5.74, 6) is -0.255. The minimum Gasteiger partial charge on any atom is -0.223 e. The van der Waals surface area contributed by atoms with Gasteiger partial charge in [-0.3, -0.25) is 0 Å². The second-order valence-corrected chi connectivity index (χ2v) is 6.91. The molecule has 20 heavy (non-hydrogen) atoms. The van der Waals surface area contributed by atoms with Crippen LogP contribution in [0.5, 0.6) is 0 Å². The lowest BCUT2D eigenvalue weighted by Crippen LogP contribution is -2.06. The van der Waals surface area contributed by atoms with Crippen LogP contribution in [0.3, 0.4) is 0 Å². The SMILES string of the molecule is N#Cc1ccccc1CS(=O)(=O)c1ccc(Cl)c(Cl)c1. The highest BCUT2D eigenvalue weighted by atomic mass is 35.5. The standard InChI is InChI=1S/C14H9Cl2NO2S/c15-13-6-5-12(7-14(13)16)20(18,19)9-11-4-2-1-3-10(11)8-17/h1-7H,9H2. The Kier molecular flexibility index (Phi) is 4.34. The van der Waals surface area contributed by atoms with Crippen LogP contribution in [0.2, 0.25) is 10.0 Å². The van der Waals surface area contributed by atoms with Gasteiger partial charge in [-0.2, -0.15) is 5.26 Å². The Hall–Kier alpha value is -1.54. The molecule has 0 heterocycles. The zero-order valence-corrected chi connectivity index (χ0v) is 12.5. The van der Waals surface area contributed by atoms with Gasteiger partial charge in [0.05, 0.1) is 32.3 Å². The maximum Gasteiger partial charge on any atom is 0.182 e. The normalized spacial score (nSPS) is 11.1. The van der Waals surface area contributed by atoms with Crippen LogP contribution in [-0.2, 0) is 15.6 Å². The molecule has 6 heteroatoms. The first-order chi connectivity index (χ1) is 9.44. The van der Waals surface area contributed by atoms with Crippen LogP contribution in [0.1, 0.15) is 11.1 Å². The molecule has 0 atom stereocenters. The van der Waals surface area contributed by atoms with Gasteiger partial charge in [0.25, 0.3) is 0 Å². The van der Waals surface area contributed by atoms with Crippen molar-refractivity contribution in [3.63, 3.8) is 0 Å². The van der Waals surface area contributed by atoms with Gasteiger partial charge in [0.1, 0.15) is 0 Å². The highest BCUT2D eigenvalue weighted by Crippen LogP contribution is 2.27. The summed E-state index contributed by atoms with van der Waals surface area (Å²) in [6, 6.07) is 12.7. The average molecular weight is 326 g/mol. The zero-order valence-electron chi connectivity index (χ0n) is 10.2. The van der Waals surface area contributed by atoms with Crippen molar-refractivity contribution in [2.45, 2.75) is 10.6 Å². The molecule has 102 valence electrons. The van der Waals surface area contributed by atoms with Gasteiger partial charge in [0.15, 0.2) is 9.84 Å². The van der Waals surface area contributed by atoms with Gasteiger partial charge < -0.3 is 0 Å². The van der Waals surface area contributed by atoms with Crippen LogP contribution in [0, 0.1) is 11.3 Å². The smallest absolute Gasteiger partial charge is 0.182 e. The van der Waals surface area contributed by atoms with Gasteiger partial charge in [-0.05, 0) is 29.8 Å². The largest absolute Gasteiger partial charge is 0.223 e. The lowest BCUT2D eigenvalue weighted by molar-refractivity contribution is 0.595. The lowest BCUT2D eigenvalue weighted by Gasteiger charge is -2.07. The summed E-state index contributed by atoms with van der Waals surface area (Å²) in [4.78, 5) is 0.0830. The highest BCUT2D eigenvalue weighted by Gasteiger charge is 2.18. The van der Waals surface area contributed by atoms with E-state index in [1.54, 1.807) is 24.3 Å². The second-order valence-electron chi connectivity index (χ2n) is 4.10. The molecule has 0 aliphatic rings. The molecule has 0 spiro atoms. The Labute approximate surface area is 127 Å². The molecule has 0 aliphatic heterocycles. The van der Waals surface area contributed by atoms with Crippen LogP contribution in [0.4, 0.5) is 0 Å². The van der Waals surface area contributed by atoms with Gasteiger partial charge >= 0.3 is 0 Å². The van der Waals surface area contributed by atoms with Gasteiger partial charge in [-0.1, -0.05) is 41.4 Å². The van der Waals surface area contributed by atoms with Crippen molar-refractivity contribution in [3.8, 4) is 6.07 Å². The van der Waals surface area contributed by atoms with Crippen LogP contribution >= 0.6 is 23.2 Å². The fraction of sp³-hybridized carbons (Fsp3) is 0.0714. The Morgan fingerprint density at radius 3 is 2.40 bits per heavy atom. The summed E-state index contributed by atoms with van der Waals surface area (Å²) in [5.41, 5.74) is 0.803. The molecule has 0 saturated carbocycles. The molecule has 2 aromatic carbocycles. The maximum absolute atomic E-state index is 12.3. The van der Waals surface area contributed by atoms with E-state index in [0.29, 0.717) is 16.1 Å². The first kappa shape index (κ1) is 14.9. The summed E-state index contributed by atoms with van der Waals surface area (Å²) in [5, 5.41) is 9.46. The van der Waals surface area contributed by atoms with Gasteiger partial charge in [-0.25, -0.2) is 8.42 Å². The number of halogens is 2. The Balaban J connectivity index is 2.41. The molecule has 0 saturated heterocycles. The van der Waals surface area contributed by atoms with Crippen molar-refractivity contribution in [2.24, 2.45) is 0 Å². The molecule has 2 rings (SSSR count). The van der Waals surface area contributed by atoms with E-state index < -0.39 is 9.84 Å². The van der Waals surface area contributed by atoms with E-state index in [9.17, 15) is 8.42 Å². The fourth-order valence-electron chi connectivity index (χ4n) is 1.71. The molecule has 0 radical (unpaired) electrons. The van der Waals surface area contributed by atoms with Crippen molar-refractivity contribution in [1.29, 1.82) is 5.26 Å². The van der Waals surface area contributed by atoms with Crippen molar-refractivity contribution < 1.29 is 8.42 Å². The van der Waals surface area contributed by atoms with E-state index in [1.165, 1.54) is 18.2 Å². The minimum absolute atomic E-state index is 0.0830. The third-order valence-corrected chi connectivity index (χ3v) is 5.14. The molecular formula is C14H9Cl2NO2S. The van der Waals surface area contributed by atoms with E-state index in [-0.39, 0.29) is 15.7 Å². The highest BCUT2D eigenvalue weighted by molar-refractivity contribution is 7.90. The van der Waals surface area contributed by atoms with Crippen molar-refractivity contribution >= 4 is 33.0 Å². The molecule has 0 N–H and O–H groups in total. The monoisotopic (exact) mass is 325 g/mol. The molecule has 2 aromatic rings. The lowest BCUT2D eigenvalue weighted by atomic mass is 10.1. The number of benzene rings is 2. The van der Waals surface area contributed by atoms with Gasteiger partial charge in [0.2, 0.25) is 0 Å². The number of rotatable bonds is 3. The Morgan fingerprint density at radius 2 is 1.75 bits per heavy atom. The summed E-state index contributed by atoms with van der Waals surface area (Å²) >= 11 is 11.6. The van der Waals surface area contributed by atoms with E-state index >= 15 is 0 Å². The molecule has 0 aromatic heterocycles. The summed E-state index contributed by atoms with van der Waals surface area (Å²) < 4.78 is 24.6. The number of nitrogens with zero attached hydrogens (tertiary/aromatic N) is 1. The second kappa shape index (κ2) is 5.84. The predicted molar refractivity (Wildman–Crippen MR) is 78.5 cm³/mol. The minimum atomic E-state index is -3.58. The Morgan fingerprint density at radius 1 is 1.05 bits per heavy atom. The van der Waals surface area contributed by atoms with E-state index in [0.717, 1.165) is 0 Å². The molecule has 3 nitrogen and oxygen atoms in total. The number of nitriles is 1. The maximum atomic E-state index is 12.3. The van der Waals surface area contributed by atoms with Crippen molar-refractivity contribution in [2.75, 3.05) is 0 Å². The van der Waals surface area contributed by atoms with E-state index in [2.05, 4.69) is 0 Å². The average Bonchev–Trinajstić information content (AvgIpc) is 2.42. The number of sulfone groups is 1. The number of hydrogen-bond donors (Lipinski definition) is 0. The molecule has 0 unspecified atom stereocenters. The third kappa shape index (κ3) is 3.13. The first-order valence-corrected chi connectivity index (χ1v) is 8.00. The van der Waals surface area contributed by atoms with Crippen molar-refractivity contribution in [1.82, 2.24) is 0 Å². The topological polar surface area (TPSA) is 57.9 Å². The van der Waals surface area contributed by atoms with E-state index in [1.807, 2.05) is 6.07 Å². The van der Waals surface area contributed by atoms with Crippen LogP contribution < -0.4 is 0 Å². The molecule has 0 fully saturated rings. The van der Waals surface area contributed by atoms with Crippen LogP contribution in [-0.4, -0.2) is 8.42 Å². The predicted octanol–water partition coefficient (Wildman–Crippen LogP) is 3.84. The van der Waals surface area contributed by atoms with Gasteiger partial charge in [0, 0.05) is 0 Å². The molecular weight excluding hydrogens is 317 g/mol. The fourth-order valence-corrected chi connectivity index (χ4v) is 3.48. The Bertz CT molecular complexity index is 795. The van der Waals surface area contributed by atoms with Crippen LogP contribution in [0.15, 0.2) is 47.4 Å². The van der Waals surface area contributed by atoms with Crippen molar-refractivity contribution in [3.05, 3.63) is 63.6 Å². The zero-order chi connectivity index (χ0) is 14.8. The van der Waals surface area contributed by atoms with Gasteiger partial charge in [-0.15, -0.1) is 0 Å². The van der Waals surface area contributed by atoms with E-state index in [4.69, 9.17) is 28.5 Å². The summed E-state index contributed by atoms with van der Waals surface area (Å²) in [6.45, 7) is 0. The molecule has 0 amide bonds. The first-order valence-electron chi connectivity index (χ1n) is 5.60. The third-order valence-electron chi connectivity index (χ3n) is 2.73. The quantitative estimate of drug-likeness (QED) is 0.861.